The molecule has 0 saturated heterocycles. The second kappa shape index (κ2) is 52.3. The van der Waals surface area contributed by atoms with Gasteiger partial charge in [-0.25, -0.2) is 0 Å². The van der Waals surface area contributed by atoms with Gasteiger partial charge in [0.15, 0.2) is 0 Å². The molecule has 0 fully saturated rings. The highest BCUT2D eigenvalue weighted by Gasteiger charge is 2.24. The lowest BCUT2D eigenvalue weighted by atomic mass is 10.0. The van der Waals surface area contributed by atoms with E-state index in [9.17, 15) is 19.8 Å². The van der Waals surface area contributed by atoms with Gasteiger partial charge < -0.3 is 20.3 Å². The molecule has 3 N–H and O–H groups in total. The summed E-state index contributed by atoms with van der Waals surface area (Å²) in [7, 11) is 0. The zero-order valence-electron chi connectivity index (χ0n) is 42.9. The van der Waals surface area contributed by atoms with Crippen molar-refractivity contribution in [2.24, 2.45) is 0 Å². The van der Waals surface area contributed by atoms with Gasteiger partial charge in [0.05, 0.1) is 25.2 Å². The summed E-state index contributed by atoms with van der Waals surface area (Å²) in [5.41, 5.74) is 0. The van der Waals surface area contributed by atoms with Gasteiger partial charge in [0.1, 0.15) is 6.10 Å². The third-order valence-electron chi connectivity index (χ3n) is 12.3. The Bertz CT molecular complexity index is 1200. The highest BCUT2D eigenvalue weighted by Crippen LogP contribution is 2.18. The molecular weight excluding hydrogens is 803 g/mol. The van der Waals surface area contributed by atoms with Gasteiger partial charge >= 0.3 is 5.97 Å². The molecule has 6 heteroatoms. The van der Waals surface area contributed by atoms with Gasteiger partial charge in [0, 0.05) is 6.42 Å². The number of carbonyl (C=O) groups excluding carboxylic acids is 2. The molecule has 0 radical (unpaired) electrons. The van der Waals surface area contributed by atoms with E-state index in [0.717, 1.165) is 96.3 Å². The lowest BCUT2D eigenvalue weighted by Gasteiger charge is -2.24. The summed E-state index contributed by atoms with van der Waals surface area (Å²) in [4.78, 5) is 26.2. The van der Waals surface area contributed by atoms with Gasteiger partial charge in [0.25, 0.3) is 0 Å². The largest absolute Gasteiger partial charge is 0.462 e. The average Bonchev–Trinajstić information content (AvgIpc) is 3.30. The molecule has 65 heavy (non-hydrogen) atoms. The Morgan fingerprint density at radius 2 is 0.831 bits per heavy atom. The predicted octanol–water partition coefficient (Wildman–Crippen LogP) is 17.0. The first-order valence-corrected chi connectivity index (χ1v) is 27.7. The van der Waals surface area contributed by atoms with Gasteiger partial charge in [-0.05, 0) is 96.3 Å². The molecule has 0 spiro atoms. The van der Waals surface area contributed by atoms with Gasteiger partial charge in [-0.1, -0.05) is 229 Å². The average molecular weight is 908 g/mol. The summed E-state index contributed by atoms with van der Waals surface area (Å²) in [6.07, 6.45) is 66.8. The van der Waals surface area contributed by atoms with Crippen LogP contribution in [0.3, 0.4) is 0 Å². The number of unbranched alkanes of at least 4 members (excludes halogenated alkanes) is 25. The number of esters is 1. The molecule has 376 valence electrons. The third kappa shape index (κ3) is 47.6. The maximum absolute atomic E-state index is 13.2. The molecule has 0 bridgehead atoms. The highest BCUT2D eigenvalue weighted by atomic mass is 16.5. The van der Waals surface area contributed by atoms with Crippen LogP contribution in [0.2, 0.25) is 0 Å². The van der Waals surface area contributed by atoms with Crippen molar-refractivity contribution in [2.45, 2.75) is 283 Å². The van der Waals surface area contributed by atoms with Gasteiger partial charge in [0.2, 0.25) is 5.91 Å². The number of nitrogens with one attached hydrogen (secondary N) is 1. The molecule has 3 unspecified atom stereocenters. The molecule has 0 rings (SSSR count). The van der Waals surface area contributed by atoms with Crippen molar-refractivity contribution in [3.05, 3.63) is 72.9 Å². The molecule has 0 aliphatic heterocycles. The third-order valence-corrected chi connectivity index (χ3v) is 12.3. The van der Waals surface area contributed by atoms with E-state index in [-0.39, 0.29) is 24.9 Å². The first kappa shape index (κ1) is 62.3. The normalized spacial score (nSPS) is 13.7. The minimum absolute atomic E-state index is 0.0592. The minimum Gasteiger partial charge on any atom is -0.462 e. The second-order valence-corrected chi connectivity index (χ2v) is 18.6. The maximum Gasteiger partial charge on any atom is 0.306 e. The summed E-state index contributed by atoms with van der Waals surface area (Å²) in [5.74, 6) is -0.513. The highest BCUT2D eigenvalue weighted by molar-refractivity contribution is 5.77. The summed E-state index contributed by atoms with van der Waals surface area (Å²) in [6, 6.07) is -0.712. The Balaban J connectivity index is 4.63. The van der Waals surface area contributed by atoms with Crippen LogP contribution in [0.4, 0.5) is 0 Å². The van der Waals surface area contributed by atoms with Crippen molar-refractivity contribution in [3.8, 4) is 0 Å². The number of allylic oxidation sites excluding steroid dienone is 12. The molecule has 3 atom stereocenters. The van der Waals surface area contributed by atoms with E-state index >= 15 is 0 Å². The van der Waals surface area contributed by atoms with Crippen molar-refractivity contribution < 1.29 is 24.5 Å². The lowest BCUT2D eigenvalue weighted by molar-refractivity contribution is -0.151. The van der Waals surface area contributed by atoms with Crippen LogP contribution >= 0.6 is 0 Å². The van der Waals surface area contributed by atoms with Crippen LogP contribution in [0.1, 0.15) is 265 Å². The fraction of sp³-hybridized carbons (Fsp3) is 0.763. The van der Waals surface area contributed by atoms with Crippen molar-refractivity contribution in [2.75, 3.05) is 6.61 Å². The molecule has 6 nitrogen and oxygen atoms in total. The number of aliphatic hydroxyl groups is 2. The maximum atomic E-state index is 13.2. The zero-order chi connectivity index (χ0) is 47.4. The van der Waals surface area contributed by atoms with Gasteiger partial charge in [-0.15, -0.1) is 0 Å². The zero-order valence-corrected chi connectivity index (χ0v) is 42.9. The monoisotopic (exact) mass is 908 g/mol. The Labute approximate surface area is 402 Å². The van der Waals surface area contributed by atoms with E-state index in [1.807, 2.05) is 0 Å². The fourth-order valence-corrected chi connectivity index (χ4v) is 8.10. The molecule has 0 heterocycles. The Hall–Kier alpha value is -2.70. The molecule has 0 aromatic rings. The van der Waals surface area contributed by atoms with E-state index < -0.39 is 18.2 Å². The number of hydrogen-bond donors (Lipinski definition) is 3. The van der Waals surface area contributed by atoms with Crippen molar-refractivity contribution in [3.63, 3.8) is 0 Å². The SMILES string of the molecule is CC/C=C\C/C=C\C/C=C\C/C=C\C/C=C\CCCCCC(=O)OC(CCCCCCCCC/C=C/CCCCCCCC)CC(=O)NC(CO)C(O)CCCCCCCCCCCC. The van der Waals surface area contributed by atoms with Crippen molar-refractivity contribution >= 4 is 11.9 Å². The quantitative estimate of drug-likeness (QED) is 0.0321. The van der Waals surface area contributed by atoms with Crippen molar-refractivity contribution in [1.29, 1.82) is 0 Å². The van der Waals surface area contributed by atoms with Crippen LogP contribution in [0.5, 0.6) is 0 Å². The number of amides is 1. The molecule has 0 saturated carbocycles. The molecule has 0 aromatic carbocycles. The molecule has 1 amide bonds. The van der Waals surface area contributed by atoms with E-state index in [0.29, 0.717) is 19.3 Å². The van der Waals surface area contributed by atoms with E-state index in [2.05, 4.69) is 99.0 Å². The molecular formula is C59H105NO5. The summed E-state index contributed by atoms with van der Waals surface area (Å²) in [6.45, 7) is 6.36. The summed E-state index contributed by atoms with van der Waals surface area (Å²) >= 11 is 0. The van der Waals surface area contributed by atoms with E-state index in [1.165, 1.54) is 122 Å². The van der Waals surface area contributed by atoms with Crippen LogP contribution < -0.4 is 5.32 Å². The number of carbonyl (C=O) groups is 2. The van der Waals surface area contributed by atoms with Gasteiger partial charge in [-0.3, -0.25) is 9.59 Å². The molecule has 0 aromatic heterocycles. The molecule has 0 aliphatic carbocycles. The topological polar surface area (TPSA) is 95.9 Å². The standard InChI is InChI=1S/C59H105NO5/c1-4-7-10-13-16-19-22-24-26-28-29-31-33-35-37-40-43-46-49-52-59(64)65-55(50-47-44-41-38-36-34-32-30-27-25-23-20-17-14-11-8-5-2)53-58(63)60-56(54-61)57(62)51-48-45-42-39-21-18-15-12-9-6-3/h7,10,16,19,24-27,29,31,35,37,55-57,61-62H,4-6,8-9,11-15,17-18,20-23,28,30,32-34,36,38-54H2,1-3H3,(H,60,63)/b10-7-,19-16-,26-24-,27-25+,31-29-,37-35-. The lowest BCUT2D eigenvalue weighted by Crippen LogP contribution is -2.46. The Morgan fingerprint density at radius 3 is 1.28 bits per heavy atom. The predicted molar refractivity (Wildman–Crippen MR) is 282 cm³/mol. The smallest absolute Gasteiger partial charge is 0.306 e. The van der Waals surface area contributed by atoms with Crippen LogP contribution in [-0.2, 0) is 14.3 Å². The van der Waals surface area contributed by atoms with E-state index in [4.69, 9.17) is 4.74 Å². The number of rotatable bonds is 49. The van der Waals surface area contributed by atoms with Crippen LogP contribution in [0.25, 0.3) is 0 Å². The van der Waals surface area contributed by atoms with Crippen molar-refractivity contribution in [1.82, 2.24) is 5.32 Å². The number of ether oxygens (including phenoxy) is 1. The number of aliphatic hydroxyl groups excluding tert-OH is 2. The Kier molecular flexibility index (Phi) is 50.1. The second-order valence-electron chi connectivity index (χ2n) is 18.6. The number of hydrogen-bond acceptors (Lipinski definition) is 5. The minimum atomic E-state index is -0.797. The Morgan fingerprint density at radius 1 is 0.462 bits per heavy atom. The van der Waals surface area contributed by atoms with Gasteiger partial charge in [-0.2, -0.15) is 0 Å². The summed E-state index contributed by atoms with van der Waals surface area (Å²) in [5, 5.41) is 23.8. The van der Waals surface area contributed by atoms with Crippen LogP contribution in [0.15, 0.2) is 72.9 Å². The van der Waals surface area contributed by atoms with E-state index in [1.54, 1.807) is 0 Å². The van der Waals surface area contributed by atoms with Crippen LogP contribution in [-0.4, -0.2) is 46.9 Å². The molecule has 0 aliphatic rings. The first-order chi connectivity index (χ1) is 32.0. The first-order valence-electron chi connectivity index (χ1n) is 27.7. The summed E-state index contributed by atoms with van der Waals surface area (Å²) < 4.78 is 5.94. The van der Waals surface area contributed by atoms with Crippen LogP contribution in [0, 0.1) is 0 Å². The fourth-order valence-electron chi connectivity index (χ4n) is 8.10.